The zero-order chi connectivity index (χ0) is 23.4. The zero-order valence-electron chi connectivity index (χ0n) is 19.7. The summed E-state index contributed by atoms with van der Waals surface area (Å²) in [6.45, 7) is 15.9. The minimum atomic E-state index is -1.84. The van der Waals surface area contributed by atoms with Gasteiger partial charge in [-0.15, -0.1) is 0 Å². The number of H-pyrrole nitrogens is 1. The van der Waals surface area contributed by atoms with Gasteiger partial charge in [-0.25, -0.2) is 0 Å². The molecule has 0 aliphatic heterocycles. The summed E-state index contributed by atoms with van der Waals surface area (Å²) in [6, 6.07) is 9.26. The number of hydrogen-bond acceptors (Lipinski definition) is 5. The van der Waals surface area contributed by atoms with E-state index >= 15 is 0 Å². The summed E-state index contributed by atoms with van der Waals surface area (Å²) in [5, 5.41) is 11.3. The number of aliphatic hydroxyl groups is 1. The summed E-state index contributed by atoms with van der Waals surface area (Å²) in [5.74, 6) is -0.0964. The number of ether oxygens (including phenoxy) is 1. The molecule has 0 aliphatic carbocycles. The van der Waals surface area contributed by atoms with Crippen molar-refractivity contribution in [2.75, 3.05) is 13.2 Å². The third-order valence-corrected chi connectivity index (χ3v) is 10.8. The molecule has 2 N–H and O–H groups in total. The van der Waals surface area contributed by atoms with E-state index in [-0.39, 0.29) is 28.0 Å². The second-order valence-corrected chi connectivity index (χ2v) is 14.8. The van der Waals surface area contributed by atoms with Gasteiger partial charge in [0.05, 0.1) is 18.9 Å². The largest absolute Gasteiger partial charge is 0.414 e. The topological polar surface area (TPSA) is 76.5 Å². The summed E-state index contributed by atoms with van der Waals surface area (Å²) < 4.78 is 13.9. The number of rotatable bonds is 9. The fourth-order valence-electron chi connectivity index (χ4n) is 3.11. The van der Waals surface area contributed by atoms with Gasteiger partial charge in [-0.2, -0.15) is 0 Å². The van der Waals surface area contributed by atoms with Crippen LogP contribution >= 0.6 is 12.2 Å². The van der Waals surface area contributed by atoms with Gasteiger partial charge in [0.2, 0.25) is 0 Å². The smallest absolute Gasteiger partial charge is 0.255 e. The van der Waals surface area contributed by atoms with Crippen molar-refractivity contribution < 1.29 is 14.3 Å². The molecule has 1 aromatic heterocycles. The first kappa shape index (κ1) is 25.7. The SMILES string of the molecule is CC(C)c1c(C(O)c2ccccc2)n(COCCO[Si](C)(C)C(C)(C)C)c(=S)[nH]c1=O. The van der Waals surface area contributed by atoms with Crippen LogP contribution in [0.25, 0.3) is 0 Å². The summed E-state index contributed by atoms with van der Waals surface area (Å²) in [4.78, 5) is 15.4. The van der Waals surface area contributed by atoms with Crippen LogP contribution in [0.4, 0.5) is 0 Å². The highest BCUT2D eigenvalue weighted by atomic mass is 32.1. The van der Waals surface area contributed by atoms with E-state index in [0.717, 1.165) is 0 Å². The minimum absolute atomic E-state index is 0.0964. The highest BCUT2D eigenvalue weighted by Crippen LogP contribution is 2.36. The van der Waals surface area contributed by atoms with Crippen molar-refractivity contribution in [1.82, 2.24) is 9.55 Å². The van der Waals surface area contributed by atoms with Crippen LogP contribution in [0, 0.1) is 4.77 Å². The maximum Gasteiger partial charge on any atom is 0.255 e. The molecular formula is C23H36N2O4SSi. The van der Waals surface area contributed by atoms with E-state index in [1.807, 2.05) is 44.2 Å². The first-order valence-electron chi connectivity index (χ1n) is 10.7. The van der Waals surface area contributed by atoms with Gasteiger partial charge < -0.3 is 14.3 Å². The first-order chi connectivity index (χ1) is 14.4. The van der Waals surface area contributed by atoms with Crippen LogP contribution in [0.15, 0.2) is 35.1 Å². The molecule has 1 heterocycles. The van der Waals surface area contributed by atoms with Crippen molar-refractivity contribution in [3.63, 3.8) is 0 Å². The molecule has 0 amide bonds. The standard InChI is InChI=1S/C23H36N2O4SSi/c1-16(2)18-19(20(26)17-11-9-8-10-12-17)25(22(30)24-21(18)27)15-28-13-14-29-31(6,7)23(3,4)5/h8-12,16,20,26H,13-15H2,1-7H3,(H,24,27,30). The van der Waals surface area contributed by atoms with E-state index < -0.39 is 14.4 Å². The van der Waals surface area contributed by atoms with Crippen molar-refractivity contribution in [3.8, 4) is 0 Å². The Balaban J connectivity index is 2.28. The third kappa shape index (κ3) is 6.23. The van der Waals surface area contributed by atoms with E-state index in [9.17, 15) is 9.90 Å². The van der Waals surface area contributed by atoms with Gasteiger partial charge in [-0.3, -0.25) is 14.3 Å². The zero-order valence-corrected chi connectivity index (χ0v) is 21.5. The van der Waals surface area contributed by atoms with E-state index in [1.54, 1.807) is 4.57 Å². The van der Waals surface area contributed by atoms with Crippen LogP contribution < -0.4 is 5.56 Å². The molecule has 31 heavy (non-hydrogen) atoms. The Hall–Kier alpha value is -1.58. The highest BCUT2D eigenvalue weighted by Gasteiger charge is 2.36. The number of benzene rings is 1. The molecule has 0 aliphatic rings. The second kappa shape index (κ2) is 10.4. The maximum absolute atomic E-state index is 12.7. The van der Waals surface area contributed by atoms with Crippen molar-refractivity contribution in [1.29, 1.82) is 0 Å². The highest BCUT2D eigenvalue weighted by molar-refractivity contribution is 7.71. The van der Waals surface area contributed by atoms with E-state index in [2.05, 4.69) is 38.8 Å². The van der Waals surface area contributed by atoms with Gasteiger partial charge in [0.1, 0.15) is 12.8 Å². The summed E-state index contributed by atoms with van der Waals surface area (Å²) >= 11 is 5.42. The van der Waals surface area contributed by atoms with Crippen LogP contribution in [0.5, 0.6) is 0 Å². The molecule has 172 valence electrons. The monoisotopic (exact) mass is 464 g/mol. The predicted molar refractivity (Wildman–Crippen MR) is 130 cm³/mol. The molecule has 0 radical (unpaired) electrons. The fourth-order valence-corrected chi connectivity index (χ4v) is 4.38. The maximum atomic E-state index is 12.7. The van der Waals surface area contributed by atoms with Crippen LogP contribution in [0.3, 0.4) is 0 Å². The predicted octanol–water partition coefficient (Wildman–Crippen LogP) is 5.11. The Kier molecular flexibility index (Phi) is 8.58. The molecule has 1 atom stereocenters. The molecule has 0 bridgehead atoms. The molecule has 2 aromatic rings. The van der Waals surface area contributed by atoms with Gasteiger partial charge in [0.15, 0.2) is 13.1 Å². The lowest BCUT2D eigenvalue weighted by atomic mass is 9.96. The number of aromatic nitrogens is 2. The fraction of sp³-hybridized carbons (Fsp3) is 0.565. The lowest BCUT2D eigenvalue weighted by Crippen LogP contribution is -2.41. The molecule has 8 heteroatoms. The Morgan fingerprint density at radius 2 is 1.77 bits per heavy atom. The van der Waals surface area contributed by atoms with Crippen molar-refractivity contribution in [2.24, 2.45) is 0 Å². The van der Waals surface area contributed by atoms with E-state index in [0.29, 0.717) is 30.0 Å². The van der Waals surface area contributed by atoms with Crippen LogP contribution in [0.1, 0.15) is 63.5 Å². The van der Waals surface area contributed by atoms with Gasteiger partial charge >= 0.3 is 0 Å². The third-order valence-electron chi connectivity index (χ3n) is 5.95. The number of hydrogen-bond donors (Lipinski definition) is 2. The molecule has 0 saturated heterocycles. The van der Waals surface area contributed by atoms with Gasteiger partial charge in [0.25, 0.3) is 5.56 Å². The van der Waals surface area contributed by atoms with Gasteiger partial charge in [-0.05, 0) is 41.8 Å². The van der Waals surface area contributed by atoms with Crippen LogP contribution in [-0.2, 0) is 15.9 Å². The molecule has 6 nitrogen and oxygen atoms in total. The Morgan fingerprint density at radius 3 is 2.32 bits per heavy atom. The first-order valence-corrected chi connectivity index (χ1v) is 14.0. The average molecular weight is 465 g/mol. The van der Waals surface area contributed by atoms with E-state index in [1.165, 1.54) is 0 Å². The number of nitrogens with one attached hydrogen (secondary N) is 1. The van der Waals surface area contributed by atoms with Gasteiger partial charge in [-0.1, -0.05) is 65.0 Å². The molecule has 2 rings (SSSR count). The second-order valence-electron chi connectivity index (χ2n) is 9.60. The number of aliphatic hydroxyl groups excluding tert-OH is 1. The minimum Gasteiger partial charge on any atom is -0.414 e. The molecule has 0 saturated carbocycles. The lowest BCUT2D eigenvalue weighted by Gasteiger charge is -2.36. The summed E-state index contributed by atoms with van der Waals surface area (Å²) in [6.07, 6.45) is -0.991. The molecular weight excluding hydrogens is 428 g/mol. The molecule has 0 spiro atoms. The molecule has 1 unspecified atom stereocenters. The molecule has 0 fully saturated rings. The summed E-state index contributed by atoms with van der Waals surface area (Å²) in [7, 11) is -1.84. The van der Waals surface area contributed by atoms with Crippen molar-refractivity contribution in [3.05, 3.63) is 62.3 Å². The van der Waals surface area contributed by atoms with E-state index in [4.69, 9.17) is 21.4 Å². The Bertz CT molecular complexity index is 978. The number of nitrogens with zero attached hydrogens (tertiary/aromatic N) is 1. The van der Waals surface area contributed by atoms with Crippen LogP contribution in [-0.4, -0.2) is 36.2 Å². The molecule has 1 aromatic carbocycles. The normalized spacial score (nSPS) is 13.6. The number of aromatic amines is 1. The Labute approximate surface area is 191 Å². The Morgan fingerprint density at radius 1 is 1.16 bits per heavy atom. The van der Waals surface area contributed by atoms with Gasteiger partial charge in [0, 0.05) is 5.56 Å². The lowest BCUT2D eigenvalue weighted by molar-refractivity contribution is 0.0437. The summed E-state index contributed by atoms with van der Waals surface area (Å²) in [5.41, 5.74) is 1.40. The van der Waals surface area contributed by atoms with Crippen LogP contribution in [0.2, 0.25) is 18.1 Å². The van der Waals surface area contributed by atoms with Crippen molar-refractivity contribution in [2.45, 2.75) is 71.5 Å². The van der Waals surface area contributed by atoms with Crippen molar-refractivity contribution >= 4 is 20.5 Å². The average Bonchev–Trinajstić information content (AvgIpc) is 2.67. The quantitative estimate of drug-likeness (QED) is 0.306.